The molecule has 0 bridgehead atoms. The molecule has 1 aromatic carbocycles. The van der Waals surface area contributed by atoms with Gasteiger partial charge in [0, 0.05) is 24.2 Å². The van der Waals surface area contributed by atoms with Crippen molar-refractivity contribution in [1.82, 2.24) is 5.32 Å². The quantitative estimate of drug-likeness (QED) is 0.590. The Kier molecular flexibility index (Phi) is 6.10. The van der Waals surface area contributed by atoms with Gasteiger partial charge in [-0.05, 0) is 18.9 Å². The summed E-state index contributed by atoms with van der Waals surface area (Å²) >= 11 is 0. The largest absolute Gasteiger partial charge is 0.483 e. The minimum Gasteiger partial charge on any atom is -0.483 e. The summed E-state index contributed by atoms with van der Waals surface area (Å²) in [6.45, 7) is 5.77. The molecule has 21 heavy (non-hydrogen) atoms. The zero-order chi connectivity index (χ0) is 16.0. The molecule has 0 heterocycles. The number of non-ortho nitro benzene ring substituents is 1. The second-order valence-electron chi connectivity index (χ2n) is 5.14. The Bertz CT molecular complexity index is 514. The fraction of sp³-hybridized carbons (Fsp3) is 0.500. The van der Waals surface area contributed by atoms with Crippen LogP contribution in [0.1, 0.15) is 32.4 Å². The van der Waals surface area contributed by atoms with Crippen LogP contribution in [0.4, 0.5) is 5.69 Å². The van der Waals surface area contributed by atoms with Gasteiger partial charge in [0.25, 0.3) is 11.6 Å². The van der Waals surface area contributed by atoms with Gasteiger partial charge in [-0.3, -0.25) is 14.9 Å². The highest BCUT2D eigenvalue weighted by Gasteiger charge is 2.16. The molecule has 0 saturated heterocycles. The van der Waals surface area contributed by atoms with E-state index in [1.165, 1.54) is 25.1 Å². The number of carbonyl (C=O) groups is 1. The number of carbonyl (C=O) groups excluding carboxylic acids is 1. The van der Waals surface area contributed by atoms with E-state index in [-0.39, 0.29) is 29.5 Å². The predicted molar refractivity (Wildman–Crippen MR) is 77.1 cm³/mol. The lowest BCUT2D eigenvalue weighted by molar-refractivity contribution is -0.385. The number of aliphatic hydroxyl groups is 1. The SMILES string of the molecule is CC(C)CNC(=O)COc1ccc([N+](=O)[O-])cc1[C@H](C)O. The molecular weight excluding hydrogens is 276 g/mol. The van der Waals surface area contributed by atoms with Crippen molar-refractivity contribution in [2.45, 2.75) is 26.9 Å². The lowest BCUT2D eigenvalue weighted by Crippen LogP contribution is -2.31. The molecule has 7 nitrogen and oxygen atoms in total. The average Bonchev–Trinajstić information content (AvgIpc) is 2.42. The molecule has 1 aromatic rings. The number of nitro benzene ring substituents is 1. The van der Waals surface area contributed by atoms with Crippen LogP contribution in [-0.2, 0) is 4.79 Å². The standard InChI is InChI=1S/C14H20N2O5/c1-9(2)7-15-14(18)8-21-13-5-4-11(16(19)20)6-12(13)10(3)17/h4-6,9-10,17H,7-8H2,1-3H3,(H,15,18)/t10-/m0/s1. The molecule has 1 atom stereocenters. The highest BCUT2D eigenvalue weighted by Crippen LogP contribution is 2.29. The third-order valence-electron chi connectivity index (χ3n) is 2.72. The summed E-state index contributed by atoms with van der Waals surface area (Å²) in [5.41, 5.74) is 0.142. The van der Waals surface area contributed by atoms with Crippen molar-refractivity contribution in [3.8, 4) is 5.75 Å². The molecule has 116 valence electrons. The second-order valence-corrected chi connectivity index (χ2v) is 5.14. The smallest absolute Gasteiger partial charge is 0.270 e. The normalized spacial score (nSPS) is 12.0. The van der Waals surface area contributed by atoms with Crippen molar-refractivity contribution in [3.63, 3.8) is 0 Å². The van der Waals surface area contributed by atoms with Gasteiger partial charge in [0.15, 0.2) is 6.61 Å². The molecule has 7 heteroatoms. The van der Waals surface area contributed by atoms with Crippen molar-refractivity contribution >= 4 is 11.6 Å². The Morgan fingerprint density at radius 3 is 2.62 bits per heavy atom. The number of nitro groups is 1. The van der Waals surface area contributed by atoms with Gasteiger partial charge in [0.2, 0.25) is 0 Å². The van der Waals surface area contributed by atoms with E-state index in [1.807, 2.05) is 13.8 Å². The van der Waals surface area contributed by atoms with E-state index in [1.54, 1.807) is 0 Å². The van der Waals surface area contributed by atoms with E-state index in [4.69, 9.17) is 4.74 Å². The third-order valence-corrected chi connectivity index (χ3v) is 2.72. The molecule has 0 aliphatic rings. The first-order chi connectivity index (χ1) is 9.81. The van der Waals surface area contributed by atoms with Gasteiger partial charge < -0.3 is 15.2 Å². The number of nitrogens with one attached hydrogen (secondary N) is 1. The lowest BCUT2D eigenvalue weighted by Gasteiger charge is -2.13. The summed E-state index contributed by atoms with van der Waals surface area (Å²) in [7, 11) is 0. The van der Waals surface area contributed by atoms with Crippen LogP contribution in [0.3, 0.4) is 0 Å². The van der Waals surface area contributed by atoms with Gasteiger partial charge in [0.1, 0.15) is 5.75 Å². The van der Waals surface area contributed by atoms with Gasteiger partial charge in [-0.25, -0.2) is 0 Å². The van der Waals surface area contributed by atoms with Crippen LogP contribution in [0.25, 0.3) is 0 Å². The molecule has 0 aliphatic heterocycles. The number of rotatable bonds is 7. The van der Waals surface area contributed by atoms with Crippen LogP contribution in [0.2, 0.25) is 0 Å². The first-order valence-electron chi connectivity index (χ1n) is 6.67. The van der Waals surface area contributed by atoms with Gasteiger partial charge in [-0.1, -0.05) is 13.8 Å². The van der Waals surface area contributed by atoms with Crippen LogP contribution in [-0.4, -0.2) is 29.1 Å². The average molecular weight is 296 g/mol. The molecule has 0 unspecified atom stereocenters. The summed E-state index contributed by atoms with van der Waals surface area (Å²) in [5, 5.41) is 23.1. The summed E-state index contributed by atoms with van der Waals surface area (Å²) < 4.78 is 5.33. The predicted octanol–water partition coefficient (Wildman–Crippen LogP) is 1.80. The third kappa shape index (κ3) is 5.39. The van der Waals surface area contributed by atoms with Crippen molar-refractivity contribution in [2.24, 2.45) is 5.92 Å². The topological polar surface area (TPSA) is 102 Å². The molecule has 1 amide bonds. The molecule has 0 spiro atoms. The van der Waals surface area contributed by atoms with Crippen molar-refractivity contribution in [2.75, 3.05) is 13.2 Å². The molecule has 0 radical (unpaired) electrons. The summed E-state index contributed by atoms with van der Waals surface area (Å²) in [5.74, 6) is 0.315. The van der Waals surface area contributed by atoms with Crippen molar-refractivity contribution < 1.29 is 19.6 Å². The van der Waals surface area contributed by atoms with E-state index in [2.05, 4.69) is 5.32 Å². The van der Waals surface area contributed by atoms with Crippen LogP contribution in [0, 0.1) is 16.0 Å². The lowest BCUT2D eigenvalue weighted by atomic mass is 10.1. The van der Waals surface area contributed by atoms with E-state index in [0.29, 0.717) is 12.5 Å². The number of hydrogen-bond donors (Lipinski definition) is 2. The molecule has 2 N–H and O–H groups in total. The van der Waals surface area contributed by atoms with E-state index >= 15 is 0 Å². The fourth-order valence-electron chi connectivity index (χ4n) is 1.62. The highest BCUT2D eigenvalue weighted by atomic mass is 16.6. The Balaban J connectivity index is 2.74. The van der Waals surface area contributed by atoms with Crippen molar-refractivity contribution in [1.29, 1.82) is 0 Å². The van der Waals surface area contributed by atoms with Gasteiger partial charge in [0.05, 0.1) is 11.0 Å². The van der Waals surface area contributed by atoms with E-state index in [9.17, 15) is 20.0 Å². The zero-order valence-electron chi connectivity index (χ0n) is 12.3. The summed E-state index contributed by atoms with van der Waals surface area (Å²) in [4.78, 5) is 21.7. The number of ether oxygens (including phenoxy) is 1. The summed E-state index contributed by atoms with van der Waals surface area (Å²) in [6.07, 6.45) is -0.932. The highest BCUT2D eigenvalue weighted by molar-refractivity contribution is 5.77. The second kappa shape index (κ2) is 7.58. The number of benzene rings is 1. The fourth-order valence-corrected chi connectivity index (χ4v) is 1.62. The minimum atomic E-state index is -0.932. The molecule has 1 rings (SSSR count). The van der Waals surface area contributed by atoms with Crippen LogP contribution < -0.4 is 10.1 Å². The zero-order valence-corrected chi connectivity index (χ0v) is 12.3. The summed E-state index contributed by atoms with van der Waals surface area (Å²) in [6, 6.07) is 3.90. The molecule has 0 saturated carbocycles. The maximum atomic E-state index is 11.6. The van der Waals surface area contributed by atoms with E-state index in [0.717, 1.165) is 0 Å². The number of nitrogens with zero attached hydrogens (tertiary/aromatic N) is 1. The van der Waals surface area contributed by atoms with Crippen molar-refractivity contribution in [3.05, 3.63) is 33.9 Å². The first-order valence-corrected chi connectivity index (χ1v) is 6.67. The Morgan fingerprint density at radius 1 is 1.43 bits per heavy atom. The van der Waals surface area contributed by atoms with Crippen LogP contribution in [0.15, 0.2) is 18.2 Å². The van der Waals surface area contributed by atoms with Crippen LogP contribution >= 0.6 is 0 Å². The Morgan fingerprint density at radius 2 is 2.10 bits per heavy atom. The number of amides is 1. The Labute approximate surface area is 123 Å². The van der Waals surface area contributed by atoms with Gasteiger partial charge >= 0.3 is 0 Å². The minimum absolute atomic E-state index is 0.137. The molecular formula is C14H20N2O5. The maximum Gasteiger partial charge on any atom is 0.270 e. The van der Waals surface area contributed by atoms with Gasteiger partial charge in [-0.15, -0.1) is 0 Å². The van der Waals surface area contributed by atoms with Gasteiger partial charge in [-0.2, -0.15) is 0 Å². The molecule has 0 aromatic heterocycles. The molecule has 0 fully saturated rings. The first kappa shape index (κ1) is 16.9. The monoisotopic (exact) mass is 296 g/mol. The maximum absolute atomic E-state index is 11.6. The van der Waals surface area contributed by atoms with Crippen LogP contribution in [0.5, 0.6) is 5.75 Å². The van der Waals surface area contributed by atoms with E-state index < -0.39 is 11.0 Å². The number of aliphatic hydroxyl groups excluding tert-OH is 1. The molecule has 0 aliphatic carbocycles. The number of hydrogen-bond acceptors (Lipinski definition) is 5. The Hall–Kier alpha value is -2.15.